The molecule has 0 unspecified atom stereocenters. The minimum atomic E-state index is -0.156. The molecule has 1 N–H and O–H groups in total. The molecule has 19 heavy (non-hydrogen) atoms. The van der Waals surface area contributed by atoms with E-state index < -0.39 is 0 Å². The van der Waals surface area contributed by atoms with Gasteiger partial charge in [0.15, 0.2) is 5.16 Å². The molecule has 7 heteroatoms. The molecule has 0 fully saturated rings. The highest BCUT2D eigenvalue weighted by atomic mass is 79.9. The average Bonchev–Trinajstić information content (AvgIpc) is 2.26. The lowest BCUT2D eigenvalue weighted by atomic mass is 10.3. The predicted molar refractivity (Wildman–Crippen MR) is 77.4 cm³/mol. The first kappa shape index (κ1) is 14.2. The van der Waals surface area contributed by atoms with Crippen LogP contribution in [0.3, 0.4) is 0 Å². The lowest BCUT2D eigenvalue weighted by molar-refractivity contribution is 0.801. The lowest BCUT2D eigenvalue weighted by Gasteiger charge is -2.04. The standard InChI is InChI=1S/C12H13BrN4OS/c1-3-4-9-15-8(13)6-11(16-9)19-12-14-7(2)5-10(18)17-12/h5-6H,3-4H2,1-2H3,(H,14,17,18). The molecule has 100 valence electrons. The third-order valence-corrected chi connectivity index (χ3v) is 3.45. The Bertz CT molecular complexity index is 644. The summed E-state index contributed by atoms with van der Waals surface area (Å²) >= 11 is 4.69. The van der Waals surface area contributed by atoms with E-state index in [9.17, 15) is 4.79 Å². The zero-order chi connectivity index (χ0) is 13.8. The second-order valence-corrected chi connectivity index (χ2v) is 5.81. The monoisotopic (exact) mass is 340 g/mol. The summed E-state index contributed by atoms with van der Waals surface area (Å²) in [5, 5.41) is 1.30. The van der Waals surface area contributed by atoms with Gasteiger partial charge in [0.2, 0.25) is 0 Å². The molecule has 2 aromatic rings. The molecule has 0 radical (unpaired) electrons. The molecule has 0 aliphatic heterocycles. The van der Waals surface area contributed by atoms with E-state index in [4.69, 9.17) is 0 Å². The van der Waals surface area contributed by atoms with Crippen LogP contribution in [0.5, 0.6) is 0 Å². The van der Waals surface area contributed by atoms with Gasteiger partial charge in [-0.2, -0.15) is 0 Å². The van der Waals surface area contributed by atoms with Gasteiger partial charge in [0.05, 0.1) is 0 Å². The molecule has 0 aromatic carbocycles. The minimum absolute atomic E-state index is 0.156. The molecule has 0 saturated heterocycles. The van der Waals surface area contributed by atoms with Gasteiger partial charge < -0.3 is 4.98 Å². The van der Waals surface area contributed by atoms with Gasteiger partial charge in [-0.1, -0.05) is 6.92 Å². The zero-order valence-corrected chi connectivity index (χ0v) is 13.0. The summed E-state index contributed by atoms with van der Waals surface area (Å²) in [5.74, 6) is 0.786. The van der Waals surface area contributed by atoms with Crippen LogP contribution < -0.4 is 5.56 Å². The van der Waals surface area contributed by atoms with E-state index in [2.05, 4.69) is 42.8 Å². The zero-order valence-electron chi connectivity index (χ0n) is 10.6. The molecule has 0 aliphatic carbocycles. The van der Waals surface area contributed by atoms with Crippen molar-refractivity contribution in [2.45, 2.75) is 36.9 Å². The Kier molecular flexibility index (Phi) is 4.71. The number of aromatic nitrogens is 4. The first-order valence-corrected chi connectivity index (χ1v) is 7.47. The molecule has 2 aromatic heterocycles. The van der Waals surface area contributed by atoms with Crippen LogP contribution in [0.25, 0.3) is 0 Å². The van der Waals surface area contributed by atoms with Crippen LogP contribution in [0.15, 0.2) is 31.7 Å². The largest absolute Gasteiger partial charge is 0.301 e. The summed E-state index contributed by atoms with van der Waals surface area (Å²) in [6.07, 6.45) is 1.81. The van der Waals surface area contributed by atoms with Crippen molar-refractivity contribution >= 4 is 27.7 Å². The minimum Gasteiger partial charge on any atom is -0.301 e. The van der Waals surface area contributed by atoms with Crippen LogP contribution in [0.1, 0.15) is 24.9 Å². The molecule has 0 spiro atoms. The SMILES string of the molecule is CCCc1nc(Br)cc(Sc2nc(C)cc(=O)[nH]2)n1. The van der Waals surface area contributed by atoms with E-state index in [1.165, 1.54) is 17.8 Å². The predicted octanol–water partition coefficient (Wildman–Crippen LogP) is 2.73. The molecule has 2 heterocycles. The molecule has 0 aliphatic rings. The fourth-order valence-corrected chi connectivity index (χ4v) is 2.96. The molecule has 0 atom stereocenters. The Morgan fingerprint density at radius 1 is 1.32 bits per heavy atom. The fourth-order valence-electron chi connectivity index (χ4n) is 1.53. The van der Waals surface area contributed by atoms with Crippen molar-refractivity contribution in [2.24, 2.45) is 0 Å². The number of nitrogens with one attached hydrogen (secondary N) is 1. The third-order valence-electron chi connectivity index (χ3n) is 2.24. The van der Waals surface area contributed by atoms with Crippen LogP contribution in [0, 0.1) is 6.92 Å². The number of hydrogen-bond donors (Lipinski definition) is 1. The fraction of sp³-hybridized carbons (Fsp3) is 0.333. The third kappa shape index (κ3) is 4.14. The molecule has 2 rings (SSSR count). The smallest absolute Gasteiger partial charge is 0.251 e. The Morgan fingerprint density at radius 3 is 2.79 bits per heavy atom. The van der Waals surface area contributed by atoms with Gasteiger partial charge in [-0.15, -0.1) is 0 Å². The van der Waals surface area contributed by atoms with Crippen molar-refractivity contribution in [1.29, 1.82) is 0 Å². The van der Waals surface area contributed by atoms with E-state index in [0.717, 1.165) is 28.3 Å². The van der Waals surface area contributed by atoms with Gasteiger partial charge in [-0.05, 0) is 41.0 Å². The number of nitrogens with zero attached hydrogens (tertiary/aromatic N) is 3. The van der Waals surface area contributed by atoms with E-state index in [1.807, 2.05) is 6.07 Å². The summed E-state index contributed by atoms with van der Waals surface area (Å²) < 4.78 is 0.739. The second kappa shape index (κ2) is 6.29. The average molecular weight is 341 g/mol. The molecule has 0 amide bonds. The van der Waals surface area contributed by atoms with Crippen molar-refractivity contribution in [1.82, 2.24) is 19.9 Å². The maximum absolute atomic E-state index is 11.4. The first-order valence-electron chi connectivity index (χ1n) is 5.86. The van der Waals surface area contributed by atoms with Gasteiger partial charge in [0, 0.05) is 24.2 Å². The molecule has 0 bridgehead atoms. The van der Waals surface area contributed by atoms with Gasteiger partial charge >= 0.3 is 0 Å². The highest BCUT2D eigenvalue weighted by Gasteiger charge is 2.07. The van der Waals surface area contributed by atoms with Crippen LogP contribution >= 0.6 is 27.7 Å². The topological polar surface area (TPSA) is 71.5 Å². The summed E-state index contributed by atoms with van der Waals surface area (Å²) in [7, 11) is 0. The van der Waals surface area contributed by atoms with Crippen molar-refractivity contribution < 1.29 is 0 Å². The maximum atomic E-state index is 11.4. The molecule has 0 saturated carbocycles. The number of aromatic amines is 1. The quantitative estimate of drug-likeness (QED) is 0.684. The summed E-state index contributed by atoms with van der Waals surface area (Å²) in [5.41, 5.74) is 0.532. The summed E-state index contributed by atoms with van der Waals surface area (Å²) in [6.45, 7) is 3.87. The Balaban J connectivity index is 2.29. The summed E-state index contributed by atoms with van der Waals surface area (Å²) in [4.78, 5) is 27.1. The lowest BCUT2D eigenvalue weighted by Crippen LogP contribution is -2.08. The van der Waals surface area contributed by atoms with Crippen LogP contribution in [-0.4, -0.2) is 19.9 Å². The Morgan fingerprint density at radius 2 is 2.11 bits per heavy atom. The van der Waals surface area contributed by atoms with E-state index in [-0.39, 0.29) is 5.56 Å². The van der Waals surface area contributed by atoms with Crippen LogP contribution in [-0.2, 0) is 6.42 Å². The van der Waals surface area contributed by atoms with Crippen molar-refractivity contribution in [3.05, 3.63) is 38.6 Å². The number of hydrogen-bond acceptors (Lipinski definition) is 5. The van der Waals surface area contributed by atoms with Crippen LogP contribution in [0.4, 0.5) is 0 Å². The van der Waals surface area contributed by atoms with Crippen molar-refractivity contribution in [2.75, 3.05) is 0 Å². The highest BCUT2D eigenvalue weighted by molar-refractivity contribution is 9.10. The molecular formula is C12H13BrN4OS. The van der Waals surface area contributed by atoms with Crippen molar-refractivity contribution in [3.8, 4) is 0 Å². The Hall–Kier alpha value is -1.21. The summed E-state index contributed by atoms with van der Waals surface area (Å²) in [6, 6.07) is 3.27. The number of rotatable bonds is 4. The van der Waals surface area contributed by atoms with E-state index in [1.54, 1.807) is 6.92 Å². The van der Waals surface area contributed by atoms with Gasteiger partial charge in [0.1, 0.15) is 15.5 Å². The highest BCUT2D eigenvalue weighted by Crippen LogP contribution is 2.24. The first-order chi connectivity index (χ1) is 9.06. The number of halogens is 1. The Labute approximate surface area is 123 Å². The normalized spacial score (nSPS) is 10.7. The second-order valence-electron chi connectivity index (χ2n) is 3.99. The van der Waals surface area contributed by atoms with Gasteiger partial charge in [-0.3, -0.25) is 4.79 Å². The van der Waals surface area contributed by atoms with Gasteiger partial charge in [-0.25, -0.2) is 15.0 Å². The van der Waals surface area contributed by atoms with Crippen LogP contribution in [0.2, 0.25) is 0 Å². The number of H-pyrrole nitrogens is 1. The van der Waals surface area contributed by atoms with Gasteiger partial charge in [0.25, 0.3) is 5.56 Å². The van der Waals surface area contributed by atoms with Crippen molar-refractivity contribution in [3.63, 3.8) is 0 Å². The van der Waals surface area contributed by atoms with E-state index >= 15 is 0 Å². The maximum Gasteiger partial charge on any atom is 0.251 e. The molecular weight excluding hydrogens is 328 g/mol. The number of aryl methyl sites for hydroxylation is 2. The van der Waals surface area contributed by atoms with E-state index in [0.29, 0.717) is 10.9 Å². The molecule has 5 nitrogen and oxygen atoms in total.